The molecule has 1 N–H and O–H groups in total. The van der Waals surface area contributed by atoms with Crippen LogP contribution in [0.5, 0.6) is 0 Å². The van der Waals surface area contributed by atoms with Gasteiger partial charge in [0.15, 0.2) is 0 Å². The molecule has 1 aromatic carbocycles. The Morgan fingerprint density at radius 2 is 1.62 bits per heavy atom. The van der Waals surface area contributed by atoms with Gasteiger partial charge in [-0.05, 0) is 65.1 Å². The molecule has 0 atom stereocenters. The predicted molar refractivity (Wildman–Crippen MR) is 119 cm³/mol. The van der Waals surface area contributed by atoms with Crippen molar-refractivity contribution in [2.75, 3.05) is 24.6 Å². The van der Waals surface area contributed by atoms with Crippen LogP contribution >= 0.6 is 0 Å². The summed E-state index contributed by atoms with van der Waals surface area (Å²) in [5, 5.41) is 2.93. The van der Waals surface area contributed by atoms with Crippen LogP contribution in [0.3, 0.4) is 0 Å². The van der Waals surface area contributed by atoms with Crippen LogP contribution in [-0.2, 0) is 14.0 Å². The quantitative estimate of drug-likeness (QED) is 0.775. The number of anilines is 1. The van der Waals surface area contributed by atoms with Crippen molar-refractivity contribution in [2.24, 2.45) is 0 Å². The van der Waals surface area contributed by atoms with Gasteiger partial charge in [-0.25, -0.2) is 4.79 Å². The topological polar surface area (TPSA) is 60.0 Å². The first-order chi connectivity index (χ1) is 13.7. The van der Waals surface area contributed by atoms with Crippen LogP contribution in [-0.4, -0.2) is 50.2 Å². The fourth-order valence-corrected chi connectivity index (χ4v) is 3.44. The number of hydrogen-bond donors (Lipinski definition) is 1. The highest BCUT2D eigenvalue weighted by atomic mass is 16.7. The second-order valence-corrected chi connectivity index (χ2v) is 8.31. The minimum absolute atomic E-state index is 0.185. The van der Waals surface area contributed by atoms with Crippen LogP contribution in [0.25, 0.3) is 0 Å². The van der Waals surface area contributed by atoms with Gasteiger partial charge in [0, 0.05) is 24.8 Å². The van der Waals surface area contributed by atoms with Gasteiger partial charge < -0.3 is 24.3 Å². The molecular weight excluding hydrogens is 367 g/mol. The summed E-state index contributed by atoms with van der Waals surface area (Å²) in [5.41, 5.74) is 1.56. The minimum Gasteiger partial charge on any atom is -0.450 e. The maximum Gasteiger partial charge on any atom is 0.494 e. The number of alkyl carbamates (subject to hydrolysis) is 1. The summed E-state index contributed by atoms with van der Waals surface area (Å²) in [6.07, 6.45) is 1.51. The molecule has 2 saturated heterocycles. The lowest BCUT2D eigenvalue weighted by Gasteiger charge is -2.33. The maximum absolute atomic E-state index is 11.5. The van der Waals surface area contributed by atoms with Gasteiger partial charge in [-0.15, -0.1) is 0 Å². The summed E-state index contributed by atoms with van der Waals surface area (Å²) in [6.45, 7) is 16.3. The first-order valence-electron chi connectivity index (χ1n) is 10.9. The summed E-state index contributed by atoms with van der Waals surface area (Å²) in [7, 11) is -0.330. The van der Waals surface area contributed by atoms with Crippen molar-refractivity contribution in [3.05, 3.63) is 24.3 Å². The number of piperidine rings is 1. The molecule has 2 heterocycles. The van der Waals surface area contributed by atoms with E-state index >= 15 is 0 Å². The smallest absolute Gasteiger partial charge is 0.450 e. The summed E-state index contributed by atoms with van der Waals surface area (Å²) in [6, 6.07) is 8.60. The number of ether oxygens (including phenoxy) is 1. The van der Waals surface area contributed by atoms with E-state index in [0.717, 1.165) is 31.4 Å². The molecule has 0 bridgehead atoms. The van der Waals surface area contributed by atoms with E-state index in [1.165, 1.54) is 5.69 Å². The predicted octanol–water partition coefficient (Wildman–Crippen LogP) is 3.73. The molecule has 3 rings (SSSR count). The molecule has 1 aromatic rings. The molecule has 2 fully saturated rings. The third-order valence-electron chi connectivity index (χ3n) is 5.88. The third kappa shape index (κ3) is 5.67. The number of amides is 1. The Balaban J connectivity index is 0.00000145. The molecule has 0 unspecified atom stereocenters. The van der Waals surface area contributed by atoms with Gasteiger partial charge in [0.25, 0.3) is 0 Å². The van der Waals surface area contributed by atoms with Gasteiger partial charge in [0.2, 0.25) is 0 Å². The molecule has 0 radical (unpaired) electrons. The number of benzene rings is 1. The highest BCUT2D eigenvalue weighted by Gasteiger charge is 2.51. The first-order valence-corrected chi connectivity index (χ1v) is 10.9. The van der Waals surface area contributed by atoms with Crippen LogP contribution in [0.15, 0.2) is 24.3 Å². The lowest BCUT2D eigenvalue weighted by atomic mass is 9.79. The fourth-order valence-electron chi connectivity index (χ4n) is 3.44. The third-order valence-corrected chi connectivity index (χ3v) is 5.88. The Bertz CT molecular complexity index is 639. The Morgan fingerprint density at radius 3 is 2.10 bits per heavy atom. The lowest BCUT2D eigenvalue weighted by molar-refractivity contribution is 0.00578. The van der Waals surface area contributed by atoms with Crippen molar-refractivity contribution in [3.8, 4) is 0 Å². The van der Waals surface area contributed by atoms with E-state index in [9.17, 15) is 4.79 Å². The van der Waals surface area contributed by atoms with E-state index in [-0.39, 0.29) is 30.5 Å². The summed E-state index contributed by atoms with van der Waals surface area (Å²) in [4.78, 5) is 13.9. The zero-order chi connectivity index (χ0) is 21.7. The molecule has 6 nitrogen and oxygen atoms in total. The monoisotopic (exact) mass is 404 g/mol. The number of nitrogens with one attached hydrogen (secondary N) is 1. The highest BCUT2D eigenvalue weighted by Crippen LogP contribution is 2.36. The molecule has 0 spiro atoms. The maximum atomic E-state index is 11.5. The van der Waals surface area contributed by atoms with Crippen LogP contribution in [0.2, 0.25) is 0 Å². The molecule has 162 valence electrons. The van der Waals surface area contributed by atoms with Crippen molar-refractivity contribution >= 4 is 24.4 Å². The Hall–Kier alpha value is -1.73. The molecule has 0 aromatic heterocycles. The number of hydrogen-bond acceptors (Lipinski definition) is 5. The fraction of sp³-hybridized carbons (Fsp3) is 0.682. The summed E-state index contributed by atoms with van der Waals surface area (Å²) in [5.74, 6) is 0. The van der Waals surface area contributed by atoms with Gasteiger partial charge in [-0.3, -0.25) is 0 Å². The zero-order valence-corrected chi connectivity index (χ0v) is 19.1. The first kappa shape index (κ1) is 23.6. The Kier molecular flexibility index (Phi) is 8.00. The molecule has 29 heavy (non-hydrogen) atoms. The van der Waals surface area contributed by atoms with Gasteiger partial charge in [-0.1, -0.05) is 26.0 Å². The van der Waals surface area contributed by atoms with E-state index in [4.69, 9.17) is 14.0 Å². The van der Waals surface area contributed by atoms with Crippen LogP contribution in [0.1, 0.15) is 61.3 Å². The highest BCUT2D eigenvalue weighted by molar-refractivity contribution is 6.62. The molecule has 2 aliphatic rings. The van der Waals surface area contributed by atoms with Crippen molar-refractivity contribution in [3.63, 3.8) is 0 Å². The van der Waals surface area contributed by atoms with Crippen molar-refractivity contribution in [1.29, 1.82) is 0 Å². The van der Waals surface area contributed by atoms with Crippen molar-refractivity contribution < 1.29 is 18.8 Å². The van der Waals surface area contributed by atoms with Crippen molar-refractivity contribution in [2.45, 2.75) is 78.6 Å². The van der Waals surface area contributed by atoms with E-state index in [0.29, 0.717) is 6.61 Å². The number of nitrogens with zero attached hydrogens (tertiary/aromatic N) is 1. The number of carbonyl (C=O) groups excluding carboxylic acids is 1. The average molecular weight is 404 g/mol. The molecule has 1 amide bonds. The van der Waals surface area contributed by atoms with Gasteiger partial charge >= 0.3 is 13.2 Å². The molecule has 0 aliphatic carbocycles. The molecule has 7 heteroatoms. The summed E-state index contributed by atoms with van der Waals surface area (Å²) >= 11 is 0. The standard InChI is InChI=1S/C20H31BN2O4.C2H6/c1-6-25-18(24)22-16-11-13-23(14-12-16)17-9-7-15(8-10-17)21-26-19(2,3)20(4,5)27-21;1-2/h7-10,16H,6,11-14H2,1-5H3,(H,22,24);1-2H3. The van der Waals surface area contributed by atoms with Crippen LogP contribution in [0.4, 0.5) is 10.5 Å². The second-order valence-electron chi connectivity index (χ2n) is 8.31. The average Bonchev–Trinajstić information content (AvgIpc) is 2.92. The van der Waals surface area contributed by atoms with Gasteiger partial charge in [-0.2, -0.15) is 0 Å². The zero-order valence-electron chi connectivity index (χ0n) is 19.1. The van der Waals surface area contributed by atoms with Gasteiger partial charge in [0.1, 0.15) is 0 Å². The van der Waals surface area contributed by atoms with Crippen LogP contribution < -0.4 is 15.7 Å². The minimum atomic E-state index is -0.330. The second kappa shape index (κ2) is 9.85. The van der Waals surface area contributed by atoms with Crippen LogP contribution in [0, 0.1) is 0 Å². The van der Waals surface area contributed by atoms with Gasteiger partial charge in [0.05, 0.1) is 17.8 Å². The molecular formula is C22H37BN2O4. The number of carbonyl (C=O) groups is 1. The molecule has 0 saturated carbocycles. The largest absolute Gasteiger partial charge is 0.494 e. The molecule has 2 aliphatic heterocycles. The number of rotatable bonds is 4. The summed E-state index contributed by atoms with van der Waals surface area (Å²) < 4.78 is 17.2. The Labute approximate surface area is 176 Å². The van der Waals surface area contributed by atoms with E-state index in [1.54, 1.807) is 0 Å². The Morgan fingerprint density at radius 1 is 1.10 bits per heavy atom. The van der Waals surface area contributed by atoms with E-state index in [1.807, 2.05) is 20.8 Å². The SMILES string of the molecule is CC.CCOC(=O)NC1CCN(c2ccc(B3OC(C)(C)C(C)(C)O3)cc2)CC1. The van der Waals surface area contributed by atoms with Crippen molar-refractivity contribution in [1.82, 2.24) is 5.32 Å². The normalized spacial score (nSPS) is 20.7. The van der Waals surface area contributed by atoms with E-state index < -0.39 is 0 Å². The van der Waals surface area contributed by atoms with E-state index in [2.05, 4.69) is 62.2 Å². The lowest BCUT2D eigenvalue weighted by Crippen LogP contribution is -2.45.